The van der Waals surface area contributed by atoms with E-state index in [9.17, 15) is 4.79 Å². The van der Waals surface area contributed by atoms with Gasteiger partial charge in [-0.2, -0.15) is 0 Å². The number of nitrogens with two attached hydrogens (primary N) is 1. The molecule has 3 N–H and O–H groups in total. The zero-order chi connectivity index (χ0) is 13.1. The number of carboxylic acid groups (broad SMARTS) is 1. The van der Waals surface area contributed by atoms with Crippen LogP contribution in [0.2, 0.25) is 0 Å². The highest BCUT2D eigenvalue weighted by Gasteiger charge is 2.32. The van der Waals surface area contributed by atoms with Crippen molar-refractivity contribution in [3.8, 4) is 0 Å². The molecule has 0 saturated carbocycles. The molecular weight excluding hydrogens is 228 g/mol. The molecule has 0 spiro atoms. The number of aryl methyl sites for hydroxylation is 1. The topological polar surface area (TPSA) is 66.6 Å². The SMILES string of the molecule is Cc1cccc(C(CN)N2CCC(C(=O)O)C2)c1. The highest BCUT2D eigenvalue weighted by Crippen LogP contribution is 2.27. The van der Waals surface area contributed by atoms with Crippen LogP contribution in [0.5, 0.6) is 0 Å². The molecule has 1 fully saturated rings. The molecule has 1 aliphatic heterocycles. The number of rotatable bonds is 4. The molecule has 1 heterocycles. The van der Waals surface area contributed by atoms with E-state index in [-0.39, 0.29) is 12.0 Å². The van der Waals surface area contributed by atoms with E-state index >= 15 is 0 Å². The Hall–Kier alpha value is -1.39. The van der Waals surface area contributed by atoms with Gasteiger partial charge in [0.2, 0.25) is 0 Å². The second-order valence-corrected chi connectivity index (χ2v) is 4.98. The maximum atomic E-state index is 11.0. The fourth-order valence-electron chi connectivity index (χ4n) is 2.65. The second-order valence-electron chi connectivity index (χ2n) is 4.98. The summed E-state index contributed by atoms with van der Waals surface area (Å²) in [5.74, 6) is -0.943. The lowest BCUT2D eigenvalue weighted by Gasteiger charge is -2.27. The molecular formula is C14H20N2O2. The van der Waals surface area contributed by atoms with Gasteiger partial charge >= 0.3 is 5.97 Å². The van der Waals surface area contributed by atoms with E-state index in [1.807, 2.05) is 6.07 Å². The van der Waals surface area contributed by atoms with Crippen molar-refractivity contribution in [2.75, 3.05) is 19.6 Å². The maximum Gasteiger partial charge on any atom is 0.307 e. The Labute approximate surface area is 107 Å². The lowest BCUT2D eigenvalue weighted by Crippen LogP contribution is -2.32. The van der Waals surface area contributed by atoms with Crippen LogP contribution in [0, 0.1) is 12.8 Å². The summed E-state index contributed by atoms with van der Waals surface area (Å²) in [5.41, 5.74) is 8.26. The Kier molecular flexibility index (Phi) is 3.99. The number of likely N-dealkylation sites (tertiary alicyclic amines) is 1. The van der Waals surface area contributed by atoms with E-state index in [2.05, 4.69) is 30.0 Å². The molecule has 1 aromatic carbocycles. The van der Waals surface area contributed by atoms with E-state index in [4.69, 9.17) is 10.8 Å². The molecule has 2 unspecified atom stereocenters. The van der Waals surface area contributed by atoms with Gasteiger partial charge in [0.15, 0.2) is 0 Å². The molecule has 0 aliphatic carbocycles. The average molecular weight is 248 g/mol. The number of carboxylic acids is 1. The predicted octanol–water partition coefficient (Wildman–Crippen LogP) is 1.40. The van der Waals surface area contributed by atoms with Gasteiger partial charge in [0, 0.05) is 19.1 Å². The van der Waals surface area contributed by atoms with Crippen LogP contribution in [0.1, 0.15) is 23.6 Å². The van der Waals surface area contributed by atoms with E-state index in [0.29, 0.717) is 13.1 Å². The van der Waals surface area contributed by atoms with Crippen LogP contribution in [0.4, 0.5) is 0 Å². The third-order valence-corrected chi connectivity index (χ3v) is 3.66. The number of benzene rings is 1. The highest BCUT2D eigenvalue weighted by atomic mass is 16.4. The fraction of sp³-hybridized carbons (Fsp3) is 0.500. The van der Waals surface area contributed by atoms with Gasteiger partial charge in [-0.1, -0.05) is 29.8 Å². The number of hydrogen-bond donors (Lipinski definition) is 2. The maximum absolute atomic E-state index is 11.0. The van der Waals surface area contributed by atoms with Crippen molar-refractivity contribution in [2.45, 2.75) is 19.4 Å². The van der Waals surface area contributed by atoms with E-state index in [0.717, 1.165) is 13.0 Å². The van der Waals surface area contributed by atoms with Gasteiger partial charge in [0.1, 0.15) is 0 Å². The molecule has 0 radical (unpaired) electrons. The monoisotopic (exact) mass is 248 g/mol. The summed E-state index contributed by atoms with van der Waals surface area (Å²) < 4.78 is 0. The third kappa shape index (κ3) is 2.71. The minimum Gasteiger partial charge on any atom is -0.481 e. The van der Waals surface area contributed by atoms with Gasteiger partial charge < -0.3 is 10.8 Å². The molecule has 0 amide bonds. The summed E-state index contributed by atoms with van der Waals surface area (Å²) in [6.45, 7) is 3.99. The quantitative estimate of drug-likeness (QED) is 0.845. The highest BCUT2D eigenvalue weighted by molar-refractivity contribution is 5.70. The van der Waals surface area contributed by atoms with Crippen molar-refractivity contribution in [1.29, 1.82) is 0 Å². The second kappa shape index (κ2) is 5.50. The van der Waals surface area contributed by atoms with Gasteiger partial charge in [-0.3, -0.25) is 9.69 Å². The van der Waals surface area contributed by atoms with Crippen LogP contribution in [0.3, 0.4) is 0 Å². The molecule has 18 heavy (non-hydrogen) atoms. The Morgan fingerprint density at radius 3 is 2.94 bits per heavy atom. The summed E-state index contributed by atoms with van der Waals surface area (Å²) in [5, 5.41) is 9.04. The zero-order valence-corrected chi connectivity index (χ0v) is 10.7. The van der Waals surface area contributed by atoms with Crippen LogP contribution in [-0.2, 0) is 4.79 Å². The number of carbonyl (C=O) groups is 1. The molecule has 2 atom stereocenters. The summed E-state index contributed by atoms with van der Waals surface area (Å²) in [6, 6.07) is 8.41. The minimum atomic E-state index is -0.697. The summed E-state index contributed by atoms with van der Waals surface area (Å²) in [4.78, 5) is 13.2. The predicted molar refractivity (Wildman–Crippen MR) is 70.3 cm³/mol. The first-order valence-electron chi connectivity index (χ1n) is 6.35. The molecule has 1 saturated heterocycles. The Bertz CT molecular complexity index is 434. The Balaban J connectivity index is 2.13. The molecule has 1 aliphatic rings. The minimum absolute atomic E-state index is 0.134. The lowest BCUT2D eigenvalue weighted by atomic mass is 10.0. The fourth-order valence-corrected chi connectivity index (χ4v) is 2.65. The van der Waals surface area contributed by atoms with E-state index in [1.165, 1.54) is 11.1 Å². The summed E-state index contributed by atoms with van der Waals surface area (Å²) in [7, 11) is 0. The van der Waals surface area contributed by atoms with Crippen molar-refractivity contribution < 1.29 is 9.90 Å². The van der Waals surface area contributed by atoms with Crippen molar-refractivity contribution >= 4 is 5.97 Å². The zero-order valence-electron chi connectivity index (χ0n) is 10.7. The molecule has 4 heteroatoms. The van der Waals surface area contributed by atoms with Crippen LogP contribution >= 0.6 is 0 Å². The largest absolute Gasteiger partial charge is 0.481 e. The van der Waals surface area contributed by atoms with Gasteiger partial charge in [-0.15, -0.1) is 0 Å². The molecule has 0 bridgehead atoms. The molecule has 98 valence electrons. The summed E-state index contributed by atoms with van der Waals surface area (Å²) >= 11 is 0. The van der Waals surface area contributed by atoms with Crippen LogP contribution in [-0.4, -0.2) is 35.6 Å². The van der Waals surface area contributed by atoms with Crippen molar-refractivity contribution in [2.24, 2.45) is 11.7 Å². The number of nitrogens with zero attached hydrogens (tertiary/aromatic N) is 1. The number of aliphatic carboxylic acids is 1. The van der Waals surface area contributed by atoms with Crippen LogP contribution in [0.15, 0.2) is 24.3 Å². The molecule has 2 rings (SSSR count). The first-order valence-corrected chi connectivity index (χ1v) is 6.35. The first kappa shape index (κ1) is 13.1. The van der Waals surface area contributed by atoms with Crippen molar-refractivity contribution in [1.82, 2.24) is 4.90 Å². The van der Waals surface area contributed by atoms with Gasteiger partial charge in [0.25, 0.3) is 0 Å². The standard InChI is InChI=1S/C14H20N2O2/c1-10-3-2-4-11(7-10)13(8-15)16-6-5-12(9-16)14(17)18/h2-4,7,12-13H,5-6,8-9,15H2,1H3,(H,17,18). The van der Waals surface area contributed by atoms with E-state index in [1.54, 1.807) is 0 Å². The van der Waals surface area contributed by atoms with E-state index < -0.39 is 5.97 Å². The Morgan fingerprint density at radius 2 is 2.39 bits per heavy atom. The molecule has 0 aromatic heterocycles. The van der Waals surface area contributed by atoms with Gasteiger partial charge in [-0.25, -0.2) is 0 Å². The third-order valence-electron chi connectivity index (χ3n) is 3.66. The molecule has 1 aromatic rings. The van der Waals surface area contributed by atoms with Crippen LogP contribution in [0.25, 0.3) is 0 Å². The average Bonchev–Trinajstić information content (AvgIpc) is 2.80. The normalized spacial score (nSPS) is 22.0. The van der Waals surface area contributed by atoms with Gasteiger partial charge in [-0.05, 0) is 25.5 Å². The smallest absolute Gasteiger partial charge is 0.307 e. The Morgan fingerprint density at radius 1 is 1.61 bits per heavy atom. The summed E-state index contributed by atoms with van der Waals surface area (Å²) in [6.07, 6.45) is 0.720. The lowest BCUT2D eigenvalue weighted by molar-refractivity contribution is -0.141. The number of hydrogen-bond acceptors (Lipinski definition) is 3. The first-order chi connectivity index (χ1) is 8.61. The molecule has 4 nitrogen and oxygen atoms in total. The van der Waals surface area contributed by atoms with Crippen molar-refractivity contribution in [3.63, 3.8) is 0 Å². The van der Waals surface area contributed by atoms with Crippen molar-refractivity contribution in [3.05, 3.63) is 35.4 Å². The van der Waals surface area contributed by atoms with Crippen LogP contribution < -0.4 is 5.73 Å². The van der Waals surface area contributed by atoms with Gasteiger partial charge in [0.05, 0.1) is 5.92 Å².